The molecule has 1 saturated carbocycles. The zero-order chi connectivity index (χ0) is 15.0. The summed E-state index contributed by atoms with van der Waals surface area (Å²) in [5.74, 6) is -0.102. The summed E-state index contributed by atoms with van der Waals surface area (Å²) >= 11 is 3.35. The largest absolute Gasteiger partial charge is 0.398 e. The standard InChI is InChI=1S/C15H18BrN3O2/c16-11-5-4-10(12(17)8-11)9-19-13(20)15(18-14(19)21)6-2-1-3-7-15/h4-5,8H,1-3,6-7,9,17H2,(H,18,21). The van der Waals surface area contributed by atoms with E-state index in [4.69, 9.17) is 5.73 Å². The first-order valence-electron chi connectivity index (χ1n) is 7.20. The van der Waals surface area contributed by atoms with Gasteiger partial charge in [-0.1, -0.05) is 41.3 Å². The number of carbonyl (C=O) groups excluding carboxylic acids is 2. The Bertz CT molecular complexity index is 597. The summed E-state index contributed by atoms with van der Waals surface area (Å²) in [4.78, 5) is 26.1. The number of rotatable bonds is 2. The van der Waals surface area contributed by atoms with Gasteiger partial charge in [-0.15, -0.1) is 0 Å². The molecule has 2 fully saturated rings. The van der Waals surface area contributed by atoms with E-state index < -0.39 is 5.54 Å². The van der Waals surface area contributed by atoms with E-state index >= 15 is 0 Å². The van der Waals surface area contributed by atoms with E-state index in [0.717, 1.165) is 42.1 Å². The minimum absolute atomic E-state index is 0.102. The number of carbonyl (C=O) groups is 2. The molecule has 3 N–H and O–H groups in total. The lowest BCUT2D eigenvalue weighted by atomic mass is 9.82. The highest BCUT2D eigenvalue weighted by Gasteiger charge is 2.51. The lowest BCUT2D eigenvalue weighted by Gasteiger charge is -2.30. The van der Waals surface area contributed by atoms with Crippen LogP contribution in [0, 0.1) is 0 Å². The summed E-state index contributed by atoms with van der Waals surface area (Å²) < 4.78 is 0.879. The van der Waals surface area contributed by atoms with Gasteiger partial charge in [0.15, 0.2) is 0 Å². The highest BCUT2D eigenvalue weighted by atomic mass is 79.9. The predicted octanol–water partition coefficient (Wildman–Crippen LogP) is 2.79. The molecule has 112 valence electrons. The van der Waals surface area contributed by atoms with Gasteiger partial charge in [-0.25, -0.2) is 4.79 Å². The smallest absolute Gasteiger partial charge is 0.325 e. The summed E-state index contributed by atoms with van der Waals surface area (Å²) in [6, 6.07) is 5.18. The number of benzene rings is 1. The lowest BCUT2D eigenvalue weighted by Crippen LogP contribution is -2.48. The van der Waals surface area contributed by atoms with Crippen LogP contribution in [0.4, 0.5) is 10.5 Å². The zero-order valence-corrected chi connectivity index (χ0v) is 13.3. The van der Waals surface area contributed by atoms with Gasteiger partial charge in [0.05, 0.1) is 6.54 Å². The van der Waals surface area contributed by atoms with Crippen molar-refractivity contribution in [3.63, 3.8) is 0 Å². The van der Waals surface area contributed by atoms with Crippen LogP contribution in [0.25, 0.3) is 0 Å². The van der Waals surface area contributed by atoms with Crippen molar-refractivity contribution in [2.24, 2.45) is 0 Å². The van der Waals surface area contributed by atoms with Gasteiger partial charge in [0.2, 0.25) is 0 Å². The Kier molecular flexibility index (Phi) is 3.65. The number of nitrogens with zero attached hydrogens (tertiary/aromatic N) is 1. The number of urea groups is 1. The van der Waals surface area contributed by atoms with Gasteiger partial charge in [-0.05, 0) is 30.5 Å². The molecule has 3 rings (SSSR count). The molecule has 0 bridgehead atoms. The molecule has 1 aromatic carbocycles. The Hall–Kier alpha value is -1.56. The van der Waals surface area contributed by atoms with Gasteiger partial charge >= 0.3 is 6.03 Å². The van der Waals surface area contributed by atoms with E-state index in [0.29, 0.717) is 5.69 Å². The second kappa shape index (κ2) is 5.33. The molecule has 5 nitrogen and oxygen atoms in total. The summed E-state index contributed by atoms with van der Waals surface area (Å²) in [6.07, 6.45) is 4.58. The minimum atomic E-state index is -0.667. The van der Waals surface area contributed by atoms with E-state index in [9.17, 15) is 9.59 Å². The molecule has 21 heavy (non-hydrogen) atoms. The molecule has 2 aliphatic rings. The van der Waals surface area contributed by atoms with Crippen LogP contribution in [0.2, 0.25) is 0 Å². The lowest BCUT2D eigenvalue weighted by molar-refractivity contribution is -0.132. The molecule has 3 amide bonds. The van der Waals surface area contributed by atoms with Crippen LogP contribution >= 0.6 is 15.9 Å². The fraction of sp³-hybridized carbons (Fsp3) is 0.467. The van der Waals surface area contributed by atoms with Crippen LogP contribution in [0.3, 0.4) is 0 Å². The summed E-state index contributed by atoms with van der Waals surface area (Å²) in [5.41, 5.74) is 6.66. The molecule has 0 aromatic heterocycles. The summed E-state index contributed by atoms with van der Waals surface area (Å²) in [7, 11) is 0. The third-order valence-electron chi connectivity index (χ3n) is 4.39. The number of imide groups is 1. The zero-order valence-electron chi connectivity index (χ0n) is 11.7. The molecular formula is C15H18BrN3O2. The highest BCUT2D eigenvalue weighted by molar-refractivity contribution is 9.10. The van der Waals surface area contributed by atoms with Crippen molar-refractivity contribution >= 4 is 33.6 Å². The third-order valence-corrected chi connectivity index (χ3v) is 4.88. The highest BCUT2D eigenvalue weighted by Crippen LogP contribution is 2.34. The molecule has 1 aliphatic carbocycles. The van der Waals surface area contributed by atoms with Gasteiger partial charge in [0.1, 0.15) is 5.54 Å². The van der Waals surface area contributed by atoms with Crippen LogP contribution in [0.5, 0.6) is 0 Å². The minimum Gasteiger partial charge on any atom is -0.398 e. The number of hydrogen-bond donors (Lipinski definition) is 2. The Morgan fingerprint density at radius 2 is 1.95 bits per heavy atom. The first-order valence-corrected chi connectivity index (χ1v) is 7.99. The summed E-state index contributed by atoms with van der Waals surface area (Å²) in [6.45, 7) is 0.228. The van der Waals surface area contributed by atoms with E-state index in [1.54, 1.807) is 6.07 Å². The molecule has 1 saturated heterocycles. The average Bonchev–Trinajstić information content (AvgIpc) is 2.67. The maximum absolute atomic E-state index is 12.7. The number of halogens is 1. The molecule has 1 aliphatic heterocycles. The number of anilines is 1. The molecule has 1 spiro atoms. The van der Waals surface area contributed by atoms with Crippen molar-refractivity contribution in [2.75, 3.05) is 5.73 Å². The van der Waals surface area contributed by atoms with Crippen molar-refractivity contribution in [1.82, 2.24) is 10.2 Å². The number of nitrogens with two attached hydrogens (primary N) is 1. The number of nitrogens with one attached hydrogen (secondary N) is 1. The Balaban J connectivity index is 1.82. The molecule has 0 atom stereocenters. The maximum atomic E-state index is 12.7. The van der Waals surface area contributed by atoms with Gasteiger partial charge in [-0.2, -0.15) is 0 Å². The van der Waals surface area contributed by atoms with Gasteiger partial charge in [0, 0.05) is 10.2 Å². The fourth-order valence-electron chi connectivity index (χ4n) is 3.19. The van der Waals surface area contributed by atoms with Crippen LogP contribution in [0.15, 0.2) is 22.7 Å². The van der Waals surface area contributed by atoms with Crippen molar-refractivity contribution in [1.29, 1.82) is 0 Å². The molecule has 1 heterocycles. The van der Waals surface area contributed by atoms with Gasteiger partial charge < -0.3 is 11.1 Å². The quantitative estimate of drug-likeness (QED) is 0.635. The SMILES string of the molecule is Nc1cc(Br)ccc1CN1C(=O)NC2(CCCCC2)C1=O. The predicted molar refractivity (Wildman–Crippen MR) is 83.5 cm³/mol. The average molecular weight is 352 g/mol. The van der Waals surface area contributed by atoms with E-state index in [-0.39, 0.29) is 18.5 Å². The Morgan fingerprint density at radius 3 is 2.62 bits per heavy atom. The van der Waals surface area contributed by atoms with E-state index in [1.807, 2.05) is 12.1 Å². The van der Waals surface area contributed by atoms with Crippen LogP contribution in [0.1, 0.15) is 37.7 Å². The second-order valence-electron chi connectivity index (χ2n) is 5.81. The van der Waals surface area contributed by atoms with Crippen LogP contribution < -0.4 is 11.1 Å². The fourth-order valence-corrected chi connectivity index (χ4v) is 3.57. The molecule has 6 heteroatoms. The van der Waals surface area contributed by atoms with Crippen LogP contribution in [-0.4, -0.2) is 22.4 Å². The monoisotopic (exact) mass is 351 g/mol. The topological polar surface area (TPSA) is 75.4 Å². The first-order chi connectivity index (χ1) is 10.0. The molecule has 0 unspecified atom stereocenters. The Morgan fingerprint density at radius 1 is 1.24 bits per heavy atom. The van der Waals surface area contributed by atoms with E-state index in [2.05, 4.69) is 21.2 Å². The van der Waals surface area contributed by atoms with Gasteiger partial charge in [0.25, 0.3) is 5.91 Å². The first kappa shape index (κ1) is 14.4. The molecule has 0 radical (unpaired) electrons. The van der Waals surface area contributed by atoms with Gasteiger partial charge in [-0.3, -0.25) is 9.69 Å². The third kappa shape index (κ3) is 2.52. The molecular weight excluding hydrogens is 334 g/mol. The second-order valence-corrected chi connectivity index (χ2v) is 6.72. The van der Waals surface area contributed by atoms with Crippen molar-refractivity contribution in [3.05, 3.63) is 28.2 Å². The van der Waals surface area contributed by atoms with Crippen molar-refractivity contribution in [2.45, 2.75) is 44.2 Å². The van der Waals surface area contributed by atoms with Crippen LogP contribution in [-0.2, 0) is 11.3 Å². The molecule has 1 aromatic rings. The van der Waals surface area contributed by atoms with Crippen molar-refractivity contribution < 1.29 is 9.59 Å². The Labute approximate surface area is 132 Å². The normalized spacial score (nSPS) is 20.9. The van der Waals surface area contributed by atoms with E-state index in [1.165, 1.54) is 4.90 Å². The summed E-state index contributed by atoms with van der Waals surface area (Å²) in [5, 5.41) is 2.91. The van der Waals surface area contributed by atoms with Crippen molar-refractivity contribution in [3.8, 4) is 0 Å². The number of nitrogen functional groups attached to an aromatic ring is 1. The number of hydrogen-bond acceptors (Lipinski definition) is 3. The maximum Gasteiger partial charge on any atom is 0.325 e. The number of amides is 3.